The second-order valence-corrected chi connectivity index (χ2v) is 4.74. The SMILES string of the molecule is N#CCNC(=O)c1cc2c(s1)CCCC2. The van der Waals surface area contributed by atoms with E-state index in [2.05, 4.69) is 5.32 Å². The van der Waals surface area contributed by atoms with E-state index < -0.39 is 0 Å². The number of carbonyl (C=O) groups is 1. The topological polar surface area (TPSA) is 52.9 Å². The van der Waals surface area contributed by atoms with E-state index in [1.807, 2.05) is 12.1 Å². The van der Waals surface area contributed by atoms with E-state index in [-0.39, 0.29) is 12.5 Å². The number of aryl methyl sites for hydroxylation is 2. The highest BCUT2D eigenvalue weighted by Gasteiger charge is 2.16. The molecule has 0 saturated heterocycles. The minimum Gasteiger partial charge on any atom is -0.338 e. The van der Waals surface area contributed by atoms with E-state index in [4.69, 9.17) is 5.26 Å². The lowest BCUT2D eigenvalue weighted by Crippen LogP contribution is -2.22. The summed E-state index contributed by atoms with van der Waals surface area (Å²) in [6.07, 6.45) is 4.65. The van der Waals surface area contributed by atoms with Crippen LogP contribution in [-0.2, 0) is 12.8 Å². The van der Waals surface area contributed by atoms with Crippen molar-refractivity contribution in [1.82, 2.24) is 5.32 Å². The molecule has 1 aliphatic rings. The number of fused-ring (bicyclic) bond motifs is 1. The number of nitrogens with zero attached hydrogens (tertiary/aromatic N) is 1. The summed E-state index contributed by atoms with van der Waals surface area (Å²) < 4.78 is 0. The van der Waals surface area contributed by atoms with Crippen molar-refractivity contribution in [3.63, 3.8) is 0 Å². The molecule has 0 fully saturated rings. The van der Waals surface area contributed by atoms with E-state index >= 15 is 0 Å². The maximum atomic E-state index is 11.6. The van der Waals surface area contributed by atoms with Gasteiger partial charge in [0.1, 0.15) is 6.54 Å². The van der Waals surface area contributed by atoms with Gasteiger partial charge >= 0.3 is 0 Å². The fourth-order valence-electron chi connectivity index (χ4n) is 1.81. The Morgan fingerprint density at radius 2 is 2.33 bits per heavy atom. The van der Waals surface area contributed by atoms with Gasteiger partial charge in [-0.15, -0.1) is 11.3 Å². The lowest BCUT2D eigenvalue weighted by Gasteiger charge is -2.08. The molecule has 0 bridgehead atoms. The summed E-state index contributed by atoms with van der Waals surface area (Å²) >= 11 is 1.57. The Hall–Kier alpha value is -1.34. The van der Waals surface area contributed by atoms with Crippen LogP contribution in [0.4, 0.5) is 0 Å². The smallest absolute Gasteiger partial charge is 0.262 e. The van der Waals surface area contributed by atoms with Gasteiger partial charge in [-0.1, -0.05) is 0 Å². The van der Waals surface area contributed by atoms with Crippen LogP contribution in [0, 0.1) is 11.3 Å². The molecular weight excluding hydrogens is 208 g/mol. The van der Waals surface area contributed by atoms with Crippen molar-refractivity contribution in [1.29, 1.82) is 5.26 Å². The summed E-state index contributed by atoms with van der Waals surface area (Å²) in [5.74, 6) is -0.115. The Kier molecular flexibility index (Phi) is 3.02. The van der Waals surface area contributed by atoms with Crippen LogP contribution in [0.1, 0.15) is 33.0 Å². The molecule has 3 nitrogen and oxygen atoms in total. The lowest BCUT2D eigenvalue weighted by molar-refractivity contribution is 0.0962. The minimum atomic E-state index is -0.115. The second kappa shape index (κ2) is 4.45. The Bertz CT molecular complexity index is 393. The van der Waals surface area contributed by atoms with Gasteiger partial charge in [0.05, 0.1) is 10.9 Å². The zero-order valence-corrected chi connectivity index (χ0v) is 9.19. The van der Waals surface area contributed by atoms with Crippen molar-refractivity contribution in [2.75, 3.05) is 6.54 Å². The van der Waals surface area contributed by atoms with Crippen LogP contribution in [-0.4, -0.2) is 12.5 Å². The number of hydrogen-bond acceptors (Lipinski definition) is 3. The third-order valence-corrected chi connectivity index (χ3v) is 3.78. The molecule has 78 valence electrons. The largest absolute Gasteiger partial charge is 0.338 e. The summed E-state index contributed by atoms with van der Waals surface area (Å²) in [6, 6.07) is 3.88. The first-order chi connectivity index (χ1) is 7.31. The van der Waals surface area contributed by atoms with Crippen molar-refractivity contribution >= 4 is 17.2 Å². The molecule has 0 saturated carbocycles. The predicted molar refractivity (Wildman–Crippen MR) is 58.9 cm³/mol. The average Bonchev–Trinajstić information content (AvgIpc) is 2.69. The summed E-state index contributed by atoms with van der Waals surface area (Å²) in [5.41, 5.74) is 1.33. The maximum absolute atomic E-state index is 11.6. The Morgan fingerprint density at radius 1 is 1.53 bits per heavy atom. The number of amides is 1. The monoisotopic (exact) mass is 220 g/mol. The van der Waals surface area contributed by atoms with Gasteiger partial charge in [0.25, 0.3) is 5.91 Å². The first-order valence-electron chi connectivity index (χ1n) is 5.08. The van der Waals surface area contributed by atoms with Gasteiger partial charge in [-0.2, -0.15) is 5.26 Å². The highest BCUT2D eigenvalue weighted by molar-refractivity contribution is 7.14. The summed E-state index contributed by atoms with van der Waals surface area (Å²) in [5, 5.41) is 10.9. The van der Waals surface area contributed by atoms with Gasteiger partial charge in [0.2, 0.25) is 0 Å². The van der Waals surface area contributed by atoms with E-state index in [0.29, 0.717) is 0 Å². The molecule has 15 heavy (non-hydrogen) atoms. The fraction of sp³-hybridized carbons (Fsp3) is 0.455. The van der Waals surface area contributed by atoms with Crippen LogP contribution in [0.2, 0.25) is 0 Å². The van der Waals surface area contributed by atoms with Gasteiger partial charge in [-0.25, -0.2) is 0 Å². The summed E-state index contributed by atoms with van der Waals surface area (Å²) in [7, 11) is 0. The molecule has 1 amide bonds. The van der Waals surface area contributed by atoms with Gasteiger partial charge < -0.3 is 5.32 Å². The van der Waals surface area contributed by atoms with Gasteiger partial charge in [0, 0.05) is 4.88 Å². The highest BCUT2D eigenvalue weighted by Crippen LogP contribution is 2.29. The summed E-state index contributed by atoms with van der Waals surface area (Å²) in [4.78, 5) is 13.7. The number of hydrogen-bond donors (Lipinski definition) is 1. The molecule has 0 spiro atoms. The van der Waals surface area contributed by atoms with Crippen molar-refractivity contribution in [2.24, 2.45) is 0 Å². The molecule has 0 atom stereocenters. The second-order valence-electron chi connectivity index (χ2n) is 3.61. The van der Waals surface area contributed by atoms with Crippen LogP contribution < -0.4 is 5.32 Å². The quantitative estimate of drug-likeness (QED) is 0.774. The van der Waals surface area contributed by atoms with E-state index in [0.717, 1.165) is 17.7 Å². The average molecular weight is 220 g/mol. The van der Waals surface area contributed by atoms with E-state index in [1.165, 1.54) is 23.3 Å². The standard InChI is InChI=1S/C11H12N2OS/c12-5-6-13-11(14)10-7-8-3-1-2-4-9(8)15-10/h7H,1-4,6H2,(H,13,14). The molecule has 1 aromatic rings. The molecule has 1 heterocycles. The molecular formula is C11H12N2OS. The zero-order valence-electron chi connectivity index (χ0n) is 8.38. The molecule has 4 heteroatoms. The van der Waals surface area contributed by atoms with Gasteiger partial charge in [-0.05, 0) is 37.3 Å². The van der Waals surface area contributed by atoms with E-state index in [9.17, 15) is 4.79 Å². The third-order valence-electron chi connectivity index (χ3n) is 2.55. The fourth-order valence-corrected chi connectivity index (χ4v) is 2.98. The molecule has 0 aliphatic heterocycles. The molecule has 0 unspecified atom stereocenters. The van der Waals surface area contributed by atoms with Gasteiger partial charge in [-0.3, -0.25) is 4.79 Å². The lowest BCUT2D eigenvalue weighted by atomic mass is 9.99. The van der Waals surface area contributed by atoms with Crippen molar-refractivity contribution < 1.29 is 4.79 Å². The third kappa shape index (κ3) is 2.18. The van der Waals surface area contributed by atoms with Crippen molar-refractivity contribution in [3.05, 3.63) is 21.4 Å². The Balaban J connectivity index is 2.12. The number of rotatable bonds is 2. The zero-order chi connectivity index (χ0) is 10.7. The van der Waals surface area contributed by atoms with Crippen LogP contribution in [0.25, 0.3) is 0 Å². The first kappa shape index (κ1) is 10.2. The molecule has 1 aromatic heterocycles. The molecule has 0 aromatic carbocycles. The van der Waals surface area contributed by atoms with E-state index in [1.54, 1.807) is 11.3 Å². The number of nitrogens with one attached hydrogen (secondary N) is 1. The normalized spacial score (nSPS) is 14.1. The van der Waals surface area contributed by atoms with Crippen molar-refractivity contribution in [2.45, 2.75) is 25.7 Å². The van der Waals surface area contributed by atoms with Crippen LogP contribution in [0.5, 0.6) is 0 Å². The Morgan fingerprint density at radius 3 is 3.07 bits per heavy atom. The van der Waals surface area contributed by atoms with Gasteiger partial charge in [0.15, 0.2) is 0 Å². The maximum Gasteiger partial charge on any atom is 0.262 e. The highest BCUT2D eigenvalue weighted by atomic mass is 32.1. The molecule has 0 radical (unpaired) electrons. The minimum absolute atomic E-state index is 0.0847. The number of carbonyl (C=O) groups excluding carboxylic acids is 1. The predicted octanol–water partition coefficient (Wildman–Crippen LogP) is 1.88. The summed E-state index contributed by atoms with van der Waals surface area (Å²) in [6.45, 7) is 0.0847. The van der Waals surface area contributed by atoms with Crippen molar-refractivity contribution in [3.8, 4) is 6.07 Å². The van der Waals surface area contributed by atoms with Crippen LogP contribution >= 0.6 is 11.3 Å². The molecule has 2 rings (SSSR count). The van der Waals surface area contributed by atoms with Crippen LogP contribution in [0.3, 0.4) is 0 Å². The molecule has 1 aliphatic carbocycles. The first-order valence-corrected chi connectivity index (χ1v) is 5.89. The number of nitriles is 1. The molecule has 1 N–H and O–H groups in total. The number of thiophene rings is 1. The van der Waals surface area contributed by atoms with Crippen LogP contribution in [0.15, 0.2) is 6.07 Å². The Labute approximate surface area is 92.7 Å².